The molecule has 2 aliphatic heterocycles. The van der Waals surface area contributed by atoms with Crippen molar-refractivity contribution in [3.05, 3.63) is 18.5 Å². The molecule has 0 spiro atoms. The Morgan fingerprint density at radius 3 is 2.58 bits per heavy atom. The number of aromatic nitrogens is 1. The average Bonchev–Trinajstić information content (AvgIpc) is 2.93. The molecular formula is C15H24N4. The molecule has 4 nitrogen and oxygen atoms in total. The van der Waals surface area contributed by atoms with Crippen LogP contribution in [0.1, 0.15) is 25.7 Å². The number of piperidine rings is 1. The number of nitrogens with zero attached hydrogens (tertiary/aromatic N) is 3. The van der Waals surface area contributed by atoms with Gasteiger partial charge < -0.3 is 15.5 Å². The number of rotatable bonds is 3. The summed E-state index contributed by atoms with van der Waals surface area (Å²) in [5.74, 6) is 0.873. The van der Waals surface area contributed by atoms with Crippen LogP contribution in [0.15, 0.2) is 18.5 Å². The normalized spacial score (nSPS) is 22.0. The minimum absolute atomic E-state index is 0.806. The molecule has 3 rings (SSSR count). The molecule has 3 heterocycles. The summed E-state index contributed by atoms with van der Waals surface area (Å²) in [7, 11) is 0. The van der Waals surface area contributed by atoms with E-state index in [-0.39, 0.29) is 0 Å². The van der Waals surface area contributed by atoms with Crippen LogP contribution in [0.4, 0.5) is 11.4 Å². The first-order valence-electron chi connectivity index (χ1n) is 7.50. The first-order valence-corrected chi connectivity index (χ1v) is 7.50. The van der Waals surface area contributed by atoms with Crippen LogP contribution in [0.25, 0.3) is 0 Å². The van der Waals surface area contributed by atoms with Gasteiger partial charge in [-0.25, -0.2) is 0 Å². The summed E-state index contributed by atoms with van der Waals surface area (Å²) in [4.78, 5) is 9.12. The zero-order valence-corrected chi connectivity index (χ0v) is 11.6. The summed E-state index contributed by atoms with van der Waals surface area (Å²) in [5, 5.41) is 0. The van der Waals surface area contributed by atoms with E-state index in [1.165, 1.54) is 45.3 Å². The molecule has 2 N–H and O–H groups in total. The van der Waals surface area contributed by atoms with E-state index in [4.69, 9.17) is 5.73 Å². The van der Waals surface area contributed by atoms with E-state index in [2.05, 4.69) is 14.8 Å². The summed E-state index contributed by atoms with van der Waals surface area (Å²) in [6, 6.07) is 2.04. The Kier molecular flexibility index (Phi) is 3.87. The van der Waals surface area contributed by atoms with Crippen LogP contribution < -0.4 is 10.6 Å². The first kappa shape index (κ1) is 12.7. The van der Waals surface area contributed by atoms with Crippen molar-refractivity contribution in [2.45, 2.75) is 25.7 Å². The summed E-state index contributed by atoms with van der Waals surface area (Å²) >= 11 is 0. The molecule has 2 fully saturated rings. The highest BCUT2D eigenvalue weighted by Gasteiger charge is 2.23. The highest BCUT2D eigenvalue weighted by molar-refractivity contribution is 5.66. The van der Waals surface area contributed by atoms with Crippen molar-refractivity contribution in [1.29, 1.82) is 0 Å². The molecule has 0 aromatic carbocycles. The van der Waals surface area contributed by atoms with E-state index in [1.807, 2.05) is 12.3 Å². The zero-order valence-electron chi connectivity index (χ0n) is 11.6. The molecule has 2 aliphatic rings. The minimum Gasteiger partial charge on any atom is -0.396 e. The molecule has 19 heavy (non-hydrogen) atoms. The molecule has 0 radical (unpaired) electrons. The highest BCUT2D eigenvalue weighted by atomic mass is 15.2. The van der Waals surface area contributed by atoms with E-state index >= 15 is 0 Å². The van der Waals surface area contributed by atoms with Gasteiger partial charge in [0, 0.05) is 25.8 Å². The maximum Gasteiger partial charge on any atom is 0.0738 e. The number of hydrogen-bond donors (Lipinski definition) is 1. The number of nitrogens with two attached hydrogens (primary N) is 1. The molecular weight excluding hydrogens is 236 g/mol. The Labute approximate surface area is 115 Å². The van der Waals surface area contributed by atoms with Crippen molar-refractivity contribution in [1.82, 2.24) is 9.88 Å². The second kappa shape index (κ2) is 5.78. The van der Waals surface area contributed by atoms with Gasteiger partial charge in [-0.2, -0.15) is 0 Å². The van der Waals surface area contributed by atoms with Crippen LogP contribution in [-0.4, -0.2) is 42.6 Å². The van der Waals surface area contributed by atoms with E-state index < -0.39 is 0 Å². The number of anilines is 2. The fraction of sp³-hybridized carbons (Fsp3) is 0.667. The van der Waals surface area contributed by atoms with Gasteiger partial charge in [0.15, 0.2) is 0 Å². The van der Waals surface area contributed by atoms with Crippen molar-refractivity contribution in [2.75, 3.05) is 43.4 Å². The molecule has 1 aromatic rings. The fourth-order valence-corrected chi connectivity index (χ4v) is 3.37. The topological polar surface area (TPSA) is 45.4 Å². The number of pyridine rings is 1. The minimum atomic E-state index is 0.806. The zero-order chi connectivity index (χ0) is 13.1. The van der Waals surface area contributed by atoms with E-state index in [0.717, 1.165) is 30.4 Å². The van der Waals surface area contributed by atoms with E-state index in [0.29, 0.717) is 0 Å². The van der Waals surface area contributed by atoms with Crippen LogP contribution in [0.5, 0.6) is 0 Å². The van der Waals surface area contributed by atoms with Crippen molar-refractivity contribution in [3.63, 3.8) is 0 Å². The second-order valence-corrected chi connectivity index (χ2v) is 5.87. The lowest BCUT2D eigenvalue weighted by Gasteiger charge is -2.35. The Balaban J connectivity index is 1.53. The SMILES string of the molecule is Nc1cnccc1N1CCC(CN2CCCC2)CC1. The molecule has 0 saturated carbocycles. The van der Waals surface area contributed by atoms with E-state index in [9.17, 15) is 0 Å². The van der Waals surface area contributed by atoms with Gasteiger partial charge >= 0.3 is 0 Å². The van der Waals surface area contributed by atoms with Gasteiger partial charge in [-0.3, -0.25) is 4.98 Å². The second-order valence-electron chi connectivity index (χ2n) is 5.87. The van der Waals surface area contributed by atoms with Gasteiger partial charge in [0.05, 0.1) is 17.6 Å². The number of hydrogen-bond acceptors (Lipinski definition) is 4. The molecule has 0 unspecified atom stereocenters. The maximum atomic E-state index is 6.01. The molecule has 0 bridgehead atoms. The monoisotopic (exact) mass is 260 g/mol. The summed E-state index contributed by atoms with van der Waals surface area (Å²) in [6.45, 7) is 6.20. The van der Waals surface area contributed by atoms with Crippen molar-refractivity contribution >= 4 is 11.4 Å². The third-order valence-corrected chi connectivity index (χ3v) is 4.50. The van der Waals surface area contributed by atoms with Gasteiger partial charge in [0.1, 0.15) is 0 Å². The van der Waals surface area contributed by atoms with Gasteiger partial charge in [-0.1, -0.05) is 0 Å². The number of likely N-dealkylation sites (tertiary alicyclic amines) is 1. The summed E-state index contributed by atoms with van der Waals surface area (Å²) < 4.78 is 0. The lowest BCUT2D eigenvalue weighted by Crippen LogP contribution is -2.38. The quantitative estimate of drug-likeness (QED) is 0.902. The third-order valence-electron chi connectivity index (χ3n) is 4.50. The Morgan fingerprint density at radius 2 is 1.89 bits per heavy atom. The molecule has 104 valence electrons. The van der Waals surface area contributed by atoms with Crippen molar-refractivity contribution < 1.29 is 0 Å². The van der Waals surface area contributed by atoms with Gasteiger partial charge in [-0.15, -0.1) is 0 Å². The van der Waals surface area contributed by atoms with Crippen LogP contribution >= 0.6 is 0 Å². The van der Waals surface area contributed by atoms with Crippen molar-refractivity contribution in [2.24, 2.45) is 5.92 Å². The van der Waals surface area contributed by atoms with Crippen LogP contribution in [0.3, 0.4) is 0 Å². The lowest BCUT2D eigenvalue weighted by molar-refractivity contribution is 0.249. The summed E-state index contributed by atoms with van der Waals surface area (Å²) in [5.41, 5.74) is 7.97. The maximum absolute atomic E-state index is 6.01. The van der Waals surface area contributed by atoms with Crippen LogP contribution in [-0.2, 0) is 0 Å². The predicted octanol–water partition coefficient (Wildman–Crippen LogP) is 1.98. The van der Waals surface area contributed by atoms with Crippen LogP contribution in [0.2, 0.25) is 0 Å². The molecule has 0 atom stereocenters. The Hall–Kier alpha value is -1.29. The van der Waals surface area contributed by atoms with Crippen molar-refractivity contribution in [3.8, 4) is 0 Å². The molecule has 2 saturated heterocycles. The van der Waals surface area contributed by atoms with E-state index in [1.54, 1.807) is 6.20 Å². The standard InChI is InChI=1S/C15H24N4/c16-14-11-17-6-3-15(14)19-9-4-13(5-10-19)12-18-7-1-2-8-18/h3,6,11,13H,1-2,4-5,7-10,12,16H2. The smallest absolute Gasteiger partial charge is 0.0738 e. The lowest BCUT2D eigenvalue weighted by atomic mass is 9.96. The predicted molar refractivity (Wildman–Crippen MR) is 79.3 cm³/mol. The first-order chi connectivity index (χ1) is 9.33. The average molecular weight is 260 g/mol. The highest BCUT2D eigenvalue weighted by Crippen LogP contribution is 2.27. The fourth-order valence-electron chi connectivity index (χ4n) is 3.37. The molecule has 0 amide bonds. The van der Waals surface area contributed by atoms with Gasteiger partial charge in [0.25, 0.3) is 0 Å². The van der Waals surface area contributed by atoms with Gasteiger partial charge in [0.2, 0.25) is 0 Å². The van der Waals surface area contributed by atoms with Crippen LogP contribution in [0, 0.1) is 5.92 Å². The Bertz CT molecular complexity index is 406. The molecule has 4 heteroatoms. The Morgan fingerprint density at radius 1 is 1.16 bits per heavy atom. The molecule has 0 aliphatic carbocycles. The third kappa shape index (κ3) is 3.00. The van der Waals surface area contributed by atoms with Gasteiger partial charge in [-0.05, 0) is 50.8 Å². The summed E-state index contributed by atoms with van der Waals surface area (Å²) in [6.07, 6.45) is 8.96. The molecule has 1 aromatic heterocycles. The number of nitrogen functional groups attached to an aromatic ring is 1. The largest absolute Gasteiger partial charge is 0.396 e.